The van der Waals surface area contributed by atoms with Crippen LogP contribution in [0.15, 0.2) is 18.3 Å². The molecule has 1 atom stereocenters. The molecule has 0 radical (unpaired) electrons. The van der Waals surface area contributed by atoms with Crippen molar-refractivity contribution in [1.82, 2.24) is 10.3 Å². The Kier molecular flexibility index (Phi) is 6.18. The van der Waals surface area contributed by atoms with Crippen molar-refractivity contribution in [2.75, 3.05) is 19.0 Å². The van der Waals surface area contributed by atoms with E-state index in [1.54, 1.807) is 13.3 Å². The number of hydrogen-bond donors (Lipinski definition) is 2. The van der Waals surface area contributed by atoms with E-state index in [1.807, 2.05) is 32.9 Å². The van der Waals surface area contributed by atoms with E-state index in [1.165, 1.54) is 0 Å². The molecular weight excluding hydrogens is 316 g/mol. The number of anilines is 1. The third kappa shape index (κ3) is 4.00. The lowest BCUT2D eigenvalue weighted by atomic mass is 10.0. The number of amides is 1. The Hall–Kier alpha value is -2.81. The molecule has 0 saturated carbocycles. The number of aryl methyl sites for hydroxylation is 1. The molecule has 2 N–H and O–H groups in total. The van der Waals surface area contributed by atoms with Crippen molar-refractivity contribution in [2.24, 2.45) is 0 Å². The highest BCUT2D eigenvalue weighted by molar-refractivity contribution is 5.96. The molecule has 0 spiro atoms. The van der Waals surface area contributed by atoms with Crippen LogP contribution < -0.4 is 15.4 Å². The zero-order chi connectivity index (χ0) is 18.4. The summed E-state index contributed by atoms with van der Waals surface area (Å²) in [6.45, 7) is 6.59. The first-order chi connectivity index (χ1) is 12.1. The summed E-state index contributed by atoms with van der Waals surface area (Å²) in [6, 6.07) is 5.94. The van der Waals surface area contributed by atoms with E-state index in [0.29, 0.717) is 24.3 Å². The van der Waals surface area contributed by atoms with Crippen LogP contribution in [-0.2, 0) is 4.79 Å². The van der Waals surface area contributed by atoms with Gasteiger partial charge in [0.05, 0.1) is 12.7 Å². The summed E-state index contributed by atoms with van der Waals surface area (Å²) in [7, 11) is 1.55. The first kappa shape index (κ1) is 18.5. The van der Waals surface area contributed by atoms with Gasteiger partial charge in [0.1, 0.15) is 17.6 Å². The van der Waals surface area contributed by atoms with E-state index in [0.717, 1.165) is 28.6 Å². The molecule has 2 heterocycles. The molecule has 1 aliphatic heterocycles. The fourth-order valence-corrected chi connectivity index (χ4v) is 2.85. The van der Waals surface area contributed by atoms with Crippen LogP contribution in [0, 0.1) is 18.3 Å². The average molecular weight is 340 g/mol. The molecular formula is C19H24N4O2. The van der Waals surface area contributed by atoms with Gasteiger partial charge in [0.2, 0.25) is 5.91 Å². The Labute approximate surface area is 148 Å². The highest BCUT2D eigenvalue weighted by Crippen LogP contribution is 2.31. The topological polar surface area (TPSA) is 87.0 Å². The van der Waals surface area contributed by atoms with Gasteiger partial charge in [-0.15, -0.1) is 0 Å². The highest BCUT2D eigenvalue weighted by Gasteiger charge is 2.20. The molecule has 1 saturated heterocycles. The molecule has 1 aromatic carbocycles. The largest absolute Gasteiger partial charge is 0.495 e. The number of ether oxygens (including phenoxy) is 1. The lowest BCUT2D eigenvalue weighted by Crippen LogP contribution is -2.32. The van der Waals surface area contributed by atoms with Crippen molar-refractivity contribution in [1.29, 1.82) is 5.26 Å². The van der Waals surface area contributed by atoms with Crippen molar-refractivity contribution in [3.8, 4) is 11.8 Å². The van der Waals surface area contributed by atoms with E-state index in [2.05, 4.69) is 21.7 Å². The smallest absolute Gasteiger partial charge is 0.220 e. The zero-order valence-corrected chi connectivity index (χ0v) is 15.1. The number of hydrogen-bond acceptors (Lipinski definition) is 5. The predicted molar refractivity (Wildman–Crippen MR) is 98.7 cm³/mol. The fraction of sp³-hybridized carbons (Fsp3) is 0.421. The minimum Gasteiger partial charge on any atom is -0.495 e. The summed E-state index contributed by atoms with van der Waals surface area (Å²) in [5.74, 6) is 1.36. The minimum atomic E-state index is 0.0962. The maximum Gasteiger partial charge on any atom is 0.220 e. The molecule has 2 aromatic rings. The summed E-state index contributed by atoms with van der Waals surface area (Å²) in [5, 5.41) is 17.3. The van der Waals surface area contributed by atoms with Gasteiger partial charge in [-0.2, -0.15) is 5.26 Å². The van der Waals surface area contributed by atoms with Gasteiger partial charge in [0.25, 0.3) is 0 Å². The van der Waals surface area contributed by atoms with Gasteiger partial charge in [0, 0.05) is 30.6 Å². The van der Waals surface area contributed by atoms with E-state index in [9.17, 15) is 10.1 Å². The Morgan fingerprint density at radius 2 is 2.16 bits per heavy atom. The highest BCUT2D eigenvalue weighted by atomic mass is 16.5. The molecule has 132 valence electrons. The fourth-order valence-electron chi connectivity index (χ4n) is 2.85. The molecule has 6 heteroatoms. The maximum atomic E-state index is 11.3. The SMILES string of the molecule is CC.COc1cc2c(NCC3CCC(=O)N3)ncc(C)c2cc1C#N. The summed E-state index contributed by atoms with van der Waals surface area (Å²) >= 11 is 0. The number of benzene rings is 1. The minimum absolute atomic E-state index is 0.0962. The molecule has 1 amide bonds. The number of pyridine rings is 1. The Balaban J connectivity index is 0.00000109. The first-order valence-corrected chi connectivity index (χ1v) is 8.53. The van der Waals surface area contributed by atoms with Gasteiger partial charge in [-0.1, -0.05) is 13.8 Å². The van der Waals surface area contributed by atoms with Gasteiger partial charge in [0.15, 0.2) is 0 Å². The summed E-state index contributed by atoms with van der Waals surface area (Å²) in [6.07, 6.45) is 3.19. The molecule has 1 fully saturated rings. The van der Waals surface area contributed by atoms with Gasteiger partial charge in [-0.3, -0.25) is 4.79 Å². The molecule has 0 bridgehead atoms. The van der Waals surface area contributed by atoms with Gasteiger partial charge >= 0.3 is 0 Å². The van der Waals surface area contributed by atoms with Crippen molar-refractivity contribution in [3.05, 3.63) is 29.5 Å². The zero-order valence-electron chi connectivity index (χ0n) is 15.1. The lowest BCUT2D eigenvalue weighted by molar-refractivity contribution is -0.119. The number of fused-ring (bicyclic) bond motifs is 1. The Bertz CT molecular complexity index is 811. The molecule has 1 aliphatic rings. The molecule has 25 heavy (non-hydrogen) atoms. The third-order valence-corrected chi connectivity index (χ3v) is 4.13. The summed E-state index contributed by atoms with van der Waals surface area (Å²) in [5.41, 5.74) is 1.50. The van der Waals surface area contributed by atoms with Crippen LogP contribution in [0.25, 0.3) is 10.8 Å². The number of methoxy groups -OCH3 is 1. The van der Waals surface area contributed by atoms with Gasteiger partial charge < -0.3 is 15.4 Å². The van der Waals surface area contributed by atoms with Crippen molar-refractivity contribution < 1.29 is 9.53 Å². The van der Waals surface area contributed by atoms with Crippen LogP contribution in [0.1, 0.15) is 37.8 Å². The van der Waals surface area contributed by atoms with E-state index < -0.39 is 0 Å². The van der Waals surface area contributed by atoms with Gasteiger partial charge in [-0.05, 0) is 36.4 Å². The quantitative estimate of drug-likeness (QED) is 0.893. The summed E-state index contributed by atoms with van der Waals surface area (Å²) in [4.78, 5) is 15.7. The normalized spacial score (nSPS) is 15.8. The maximum absolute atomic E-state index is 11.3. The van der Waals surface area contributed by atoms with Crippen LogP contribution in [0.3, 0.4) is 0 Å². The number of rotatable bonds is 4. The van der Waals surface area contributed by atoms with Crippen molar-refractivity contribution >= 4 is 22.5 Å². The van der Waals surface area contributed by atoms with Gasteiger partial charge in [-0.25, -0.2) is 4.98 Å². The standard InChI is InChI=1S/C17H18N4O2.C2H6/c1-10-8-19-17(20-9-12-3-4-16(22)21-12)14-6-15(23-2)11(7-18)5-13(10)14;1-2/h5-6,8,12H,3-4,9H2,1-2H3,(H,19,20)(H,21,22);1-2H3. The van der Waals surface area contributed by atoms with E-state index in [4.69, 9.17) is 4.74 Å². The van der Waals surface area contributed by atoms with Crippen LogP contribution in [-0.4, -0.2) is 30.6 Å². The summed E-state index contributed by atoms with van der Waals surface area (Å²) < 4.78 is 5.30. The monoisotopic (exact) mass is 340 g/mol. The first-order valence-electron chi connectivity index (χ1n) is 8.53. The second kappa shape index (κ2) is 8.34. The number of nitrogens with one attached hydrogen (secondary N) is 2. The second-order valence-electron chi connectivity index (χ2n) is 5.68. The molecule has 1 unspecified atom stereocenters. The number of nitrogens with zero attached hydrogens (tertiary/aromatic N) is 2. The number of nitriles is 1. The van der Waals surface area contributed by atoms with Crippen LogP contribution in [0.5, 0.6) is 5.75 Å². The molecule has 6 nitrogen and oxygen atoms in total. The molecule has 1 aromatic heterocycles. The van der Waals surface area contributed by atoms with Crippen LogP contribution >= 0.6 is 0 Å². The predicted octanol–water partition coefficient (Wildman–Crippen LogP) is 3.14. The third-order valence-electron chi connectivity index (χ3n) is 4.13. The lowest BCUT2D eigenvalue weighted by Gasteiger charge is -2.15. The van der Waals surface area contributed by atoms with Crippen LogP contribution in [0.2, 0.25) is 0 Å². The van der Waals surface area contributed by atoms with Crippen LogP contribution in [0.4, 0.5) is 5.82 Å². The van der Waals surface area contributed by atoms with E-state index >= 15 is 0 Å². The van der Waals surface area contributed by atoms with E-state index in [-0.39, 0.29) is 11.9 Å². The Morgan fingerprint density at radius 3 is 2.76 bits per heavy atom. The molecule has 3 rings (SSSR count). The number of aromatic nitrogens is 1. The Morgan fingerprint density at radius 1 is 1.40 bits per heavy atom. The number of carbonyl (C=O) groups excluding carboxylic acids is 1. The molecule has 0 aliphatic carbocycles. The number of carbonyl (C=O) groups is 1. The van der Waals surface area contributed by atoms with Crippen molar-refractivity contribution in [2.45, 2.75) is 39.7 Å². The average Bonchev–Trinajstić information content (AvgIpc) is 3.07. The second-order valence-corrected chi connectivity index (χ2v) is 5.68. The van der Waals surface area contributed by atoms with Crippen molar-refractivity contribution in [3.63, 3.8) is 0 Å².